The number of rotatable bonds is 11. The highest BCUT2D eigenvalue weighted by Gasteiger charge is 2.44. The molecule has 47 heavy (non-hydrogen) atoms. The summed E-state index contributed by atoms with van der Waals surface area (Å²) in [7, 11) is 0. The first-order valence-electron chi connectivity index (χ1n) is 16.5. The van der Waals surface area contributed by atoms with E-state index in [0.717, 1.165) is 16.7 Å². The van der Waals surface area contributed by atoms with Crippen molar-refractivity contribution in [2.75, 3.05) is 0 Å². The number of hydrogen-bond acceptors (Lipinski definition) is 6. The van der Waals surface area contributed by atoms with Crippen LogP contribution in [0.15, 0.2) is 48.5 Å². The van der Waals surface area contributed by atoms with E-state index in [1.807, 2.05) is 97.0 Å². The molecule has 0 heterocycles. The van der Waals surface area contributed by atoms with Crippen LogP contribution in [0.5, 0.6) is 0 Å². The van der Waals surface area contributed by atoms with Crippen molar-refractivity contribution < 1.29 is 28.7 Å². The van der Waals surface area contributed by atoms with E-state index in [0.29, 0.717) is 12.0 Å². The van der Waals surface area contributed by atoms with Gasteiger partial charge in [0.25, 0.3) is 0 Å². The second-order valence-electron chi connectivity index (χ2n) is 15.4. The van der Waals surface area contributed by atoms with Gasteiger partial charge in [-0.15, -0.1) is 0 Å². The average Bonchev–Trinajstić information content (AvgIpc) is 2.93. The van der Waals surface area contributed by atoms with Crippen LogP contribution in [0.2, 0.25) is 0 Å². The van der Waals surface area contributed by atoms with Crippen LogP contribution in [0.4, 0.5) is 4.79 Å². The van der Waals surface area contributed by atoms with Gasteiger partial charge in [0.1, 0.15) is 29.3 Å². The molecule has 4 unspecified atom stereocenters. The maximum Gasteiger partial charge on any atom is 0.408 e. The lowest BCUT2D eigenvalue weighted by Crippen LogP contribution is -2.61. The summed E-state index contributed by atoms with van der Waals surface area (Å²) in [6, 6.07) is 11.9. The third-order valence-corrected chi connectivity index (χ3v) is 7.76. The minimum absolute atomic E-state index is 0.195. The monoisotopic (exact) mass is 651 g/mol. The first kappa shape index (κ1) is 39.3. The molecule has 0 bridgehead atoms. The molecule has 0 aliphatic rings. The number of alkyl carbamates (subject to hydrolysis) is 1. The van der Waals surface area contributed by atoms with Crippen LogP contribution in [0, 0.1) is 19.8 Å². The zero-order valence-electron chi connectivity index (χ0n) is 30.7. The van der Waals surface area contributed by atoms with E-state index in [1.54, 1.807) is 41.5 Å². The summed E-state index contributed by atoms with van der Waals surface area (Å²) in [6.07, 6.45) is 0.0630. The molecule has 0 radical (unpaired) electrons. The highest BCUT2D eigenvalue weighted by Crippen LogP contribution is 2.32. The van der Waals surface area contributed by atoms with Gasteiger partial charge in [-0.05, 0) is 104 Å². The van der Waals surface area contributed by atoms with Crippen LogP contribution >= 0.6 is 0 Å². The van der Waals surface area contributed by atoms with Gasteiger partial charge < -0.3 is 25.0 Å². The molecule has 2 rings (SSSR count). The van der Waals surface area contributed by atoms with Gasteiger partial charge in [-0.3, -0.25) is 9.59 Å². The Balaban J connectivity index is 2.71. The largest absolute Gasteiger partial charge is 0.458 e. The van der Waals surface area contributed by atoms with Gasteiger partial charge in [0.2, 0.25) is 11.8 Å². The highest BCUT2D eigenvalue weighted by molar-refractivity contribution is 5.94. The summed E-state index contributed by atoms with van der Waals surface area (Å²) in [5, 5.41) is 5.76. The van der Waals surface area contributed by atoms with Crippen molar-refractivity contribution in [2.45, 2.75) is 138 Å². The number of ether oxygens (including phenoxy) is 2. The Hall–Kier alpha value is -3.88. The molecule has 2 aromatic carbocycles. The Kier molecular flexibility index (Phi) is 13.2. The van der Waals surface area contributed by atoms with Crippen LogP contribution in [-0.4, -0.2) is 57.6 Å². The van der Waals surface area contributed by atoms with Gasteiger partial charge in [0, 0.05) is 12.0 Å². The van der Waals surface area contributed by atoms with Gasteiger partial charge in [-0.1, -0.05) is 68.8 Å². The molecule has 0 fully saturated rings. The fourth-order valence-electron chi connectivity index (χ4n) is 5.13. The van der Waals surface area contributed by atoms with E-state index in [4.69, 9.17) is 9.47 Å². The molecular weight excluding hydrogens is 594 g/mol. The van der Waals surface area contributed by atoms with Crippen molar-refractivity contribution in [3.05, 3.63) is 70.8 Å². The Morgan fingerprint density at radius 2 is 1.36 bits per heavy atom. The van der Waals surface area contributed by atoms with Crippen LogP contribution in [0.25, 0.3) is 0 Å². The van der Waals surface area contributed by atoms with Gasteiger partial charge in [0.05, 0.1) is 0 Å². The zero-order chi connectivity index (χ0) is 35.9. The first-order chi connectivity index (χ1) is 21.5. The highest BCUT2D eigenvalue weighted by atomic mass is 16.6. The molecule has 260 valence electrons. The molecule has 0 aromatic heterocycles. The fraction of sp³-hybridized carbons (Fsp3) is 0.579. The summed E-state index contributed by atoms with van der Waals surface area (Å²) in [5.74, 6) is -1.83. The number of nitrogens with zero attached hydrogens (tertiary/aromatic N) is 1. The van der Waals surface area contributed by atoms with E-state index in [1.165, 1.54) is 4.90 Å². The predicted molar refractivity (Wildman–Crippen MR) is 186 cm³/mol. The minimum Gasteiger partial charge on any atom is -0.458 e. The van der Waals surface area contributed by atoms with Gasteiger partial charge in [0.15, 0.2) is 0 Å². The van der Waals surface area contributed by atoms with Crippen molar-refractivity contribution >= 4 is 23.9 Å². The zero-order valence-corrected chi connectivity index (χ0v) is 30.7. The second-order valence-corrected chi connectivity index (χ2v) is 15.4. The number of nitrogens with one attached hydrogen (secondary N) is 2. The molecule has 0 saturated carbocycles. The van der Waals surface area contributed by atoms with E-state index in [2.05, 4.69) is 10.6 Å². The molecule has 0 aliphatic heterocycles. The number of carbonyl (C=O) groups is 4. The Bertz CT molecular complexity index is 1380. The van der Waals surface area contributed by atoms with Crippen LogP contribution in [0.1, 0.15) is 111 Å². The normalized spacial score (nSPS) is 14.7. The van der Waals surface area contributed by atoms with Crippen LogP contribution in [-0.2, 0) is 30.3 Å². The summed E-state index contributed by atoms with van der Waals surface area (Å²) in [5.41, 5.74) is 0.953. The van der Waals surface area contributed by atoms with Gasteiger partial charge in [-0.2, -0.15) is 0 Å². The van der Waals surface area contributed by atoms with Crippen LogP contribution < -0.4 is 10.6 Å². The smallest absolute Gasteiger partial charge is 0.408 e. The summed E-state index contributed by atoms with van der Waals surface area (Å²) in [4.78, 5) is 57.5. The quantitative estimate of drug-likeness (QED) is 0.254. The molecule has 2 aromatic rings. The van der Waals surface area contributed by atoms with Crippen molar-refractivity contribution in [3.8, 4) is 0 Å². The number of aryl methyl sites for hydroxylation is 2. The topological polar surface area (TPSA) is 114 Å². The fourth-order valence-corrected chi connectivity index (χ4v) is 5.13. The lowest BCUT2D eigenvalue weighted by molar-refractivity contribution is -0.159. The van der Waals surface area contributed by atoms with E-state index < -0.39 is 58.7 Å². The molecule has 0 aliphatic carbocycles. The molecule has 2 N–H and O–H groups in total. The molecule has 4 atom stereocenters. The van der Waals surface area contributed by atoms with E-state index >= 15 is 0 Å². The number of benzene rings is 2. The third kappa shape index (κ3) is 12.0. The van der Waals surface area contributed by atoms with Gasteiger partial charge >= 0.3 is 12.1 Å². The predicted octanol–water partition coefficient (Wildman–Crippen LogP) is 6.98. The number of amides is 3. The molecule has 9 nitrogen and oxygen atoms in total. The Morgan fingerprint density at radius 1 is 0.787 bits per heavy atom. The lowest BCUT2D eigenvalue weighted by atomic mass is 9.90. The van der Waals surface area contributed by atoms with Crippen molar-refractivity contribution in [1.29, 1.82) is 0 Å². The minimum atomic E-state index is -1.14. The first-order valence-corrected chi connectivity index (χ1v) is 16.5. The van der Waals surface area contributed by atoms with Crippen molar-refractivity contribution in [1.82, 2.24) is 15.5 Å². The lowest BCUT2D eigenvalue weighted by Gasteiger charge is -2.44. The summed E-state index contributed by atoms with van der Waals surface area (Å²) >= 11 is 0. The Morgan fingerprint density at radius 3 is 1.85 bits per heavy atom. The molecule has 3 amide bonds. The molecule has 0 saturated heterocycles. The second kappa shape index (κ2) is 15.8. The Labute approximate surface area is 282 Å². The van der Waals surface area contributed by atoms with Gasteiger partial charge in [-0.25, -0.2) is 9.59 Å². The van der Waals surface area contributed by atoms with E-state index in [9.17, 15) is 19.2 Å². The van der Waals surface area contributed by atoms with Crippen molar-refractivity contribution in [2.24, 2.45) is 5.92 Å². The number of carbonyl (C=O) groups excluding carboxylic acids is 4. The third-order valence-electron chi connectivity index (χ3n) is 7.76. The maximum atomic E-state index is 14.7. The average molecular weight is 652 g/mol. The SMILES string of the molecule is CCC(C)C(NC(=O)OC(C)(C)C)C(=O)N(C(C(=O)NC(Cc1ccccc1)C(=O)OC(C)(C)C)c1ccc(C)c(C)c1)C(C)(C)C. The summed E-state index contributed by atoms with van der Waals surface area (Å²) in [6.45, 7) is 23.9. The molecule has 9 heteroatoms. The summed E-state index contributed by atoms with van der Waals surface area (Å²) < 4.78 is 11.3. The maximum absolute atomic E-state index is 14.7. The van der Waals surface area contributed by atoms with E-state index in [-0.39, 0.29) is 12.3 Å². The molecular formula is C38H57N3O6. The molecule has 0 spiro atoms. The van der Waals surface area contributed by atoms with Crippen LogP contribution in [0.3, 0.4) is 0 Å². The van der Waals surface area contributed by atoms with Crippen molar-refractivity contribution in [3.63, 3.8) is 0 Å². The number of hydrogen-bond donors (Lipinski definition) is 2. The number of esters is 1. The standard InChI is InChI=1S/C38H57N3O6/c1-14-24(2)30(40-35(45)47-38(11,12)13)33(43)41(36(5,6)7)31(28-21-20-25(3)26(4)22-28)32(42)39-29(34(44)46-37(8,9)10)23-27-18-16-15-17-19-27/h15-22,24,29-31H,14,23H2,1-13H3,(H,39,42)(H,40,45).